The largest absolute Gasteiger partial charge is 0.446 e. The lowest BCUT2D eigenvalue weighted by Crippen LogP contribution is -2.42. The predicted octanol–water partition coefficient (Wildman–Crippen LogP) is 6.69. The van der Waals surface area contributed by atoms with Crippen molar-refractivity contribution in [1.82, 2.24) is 15.5 Å². The number of ether oxygens (including phenoxy) is 1. The molecule has 5 N–H and O–H groups in total. The molecule has 1 fully saturated rings. The third-order valence-electron chi connectivity index (χ3n) is 9.41. The molecule has 0 aliphatic carbocycles. The van der Waals surface area contributed by atoms with E-state index in [0.717, 1.165) is 53.0 Å². The summed E-state index contributed by atoms with van der Waals surface area (Å²) in [4.78, 5) is 40.6. The molecule has 0 spiro atoms. The number of hydrogen-bond acceptors (Lipinski definition) is 8. The number of rotatable bonds is 16. The second-order valence-corrected chi connectivity index (χ2v) is 13.2. The van der Waals surface area contributed by atoms with Crippen LogP contribution in [0.15, 0.2) is 127 Å². The molecule has 5 aromatic carbocycles. The molecule has 2 amide bonds. The molecular formula is C44H47N5O5. The monoisotopic (exact) mass is 725 g/mol. The van der Waals surface area contributed by atoms with E-state index in [1.807, 2.05) is 60.7 Å². The summed E-state index contributed by atoms with van der Waals surface area (Å²) < 4.78 is 5.98. The van der Waals surface area contributed by atoms with Crippen LogP contribution in [0.25, 0.3) is 33.4 Å². The zero-order chi connectivity index (χ0) is 37.5. The van der Waals surface area contributed by atoms with Crippen molar-refractivity contribution in [3.8, 4) is 33.4 Å². The Hall–Kier alpha value is -5.65. The Labute approximate surface area is 316 Å². The van der Waals surface area contributed by atoms with Crippen LogP contribution in [-0.4, -0.2) is 86.3 Å². The van der Waals surface area contributed by atoms with Crippen molar-refractivity contribution in [3.05, 3.63) is 133 Å². The van der Waals surface area contributed by atoms with Crippen LogP contribution in [0.3, 0.4) is 0 Å². The highest BCUT2D eigenvalue weighted by atomic mass is 16.6. The Morgan fingerprint density at radius 1 is 0.667 bits per heavy atom. The van der Waals surface area contributed by atoms with E-state index >= 15 is 0 Å². The molecule has 0 aromatic heterocycles. The van der Waals surface area contributed by atoms with Crippen molar-refractivity contribution in [3.63, 3.8) is 0 Å². The summed E-state index contributed by atoms with van der Waals surface area (Å²) in [7, 11) is 0. The quantitative estimate of drug-likeness (QED) is 0.0562. The summed E-state index contributed by atoms with van der Waals surface area (Å²) in [5, 5.41) is 20.8. The van der Waals surface area contributed by atoms with Crippen molar-refractivity contribution in [2.24, 2.45) is 0 Å². The third kappa shape index (κ3) is 10.5. The Morgan fingerprint density at radius 2 is 1.30 bits per heavy atom. The van der Waals surface area contributed by atoms with Gasteiger partial charge in [-0.25, -0.2) is 4.79 Å². The molecule has 1 saturated heterocycles. The van der Waals surface area contributed by atoms with Gasteiger partial charge in [-0.3, -0.25) is 14.9 Å². The Balaban J connectivity index is 1.01. The number of carbonyl (C=O) groups is 3. The van der Waals surface area contributed by atoms with Crippen LogP contribution in [0.5, 0.6) is 0 Å². The van der Waals surface area contributed by atoms with E-state index in [0.29, 0.717) is 42.9 Å². The van der Waals surface area contributed by atoms with Gasteiger partial charge in [-0.1, -0.05) is 109 Å². The number of aliphatic hydroxyl groups excluding tert-OH is 1. The number of hydrogen-bond donors (Lipinski definition) is 5. The van der Waals surface area contributed by atoms with Gasteiger partial charge in [0.25, 0.3) is 0 Å². The van der Waals surface area contributed by atoms with Gasteiger partial charge in [-0.2, -0.15) is 0 Å². The van der Waals surface area contributed by atoms with Crippen molar-refractivity contribution in [1.29, 1.82) is 0 Å². The highest BCUT2D eigenvalue weighted by Gasteiger charge is 2.24. The smallest absolute Gasteiger partial charge is 0.411 e. The van der Waals surface area contributed by atoms with Crippen molar-refractivity contribution in [2.45, 2.75) is 18.9 Å². The number of anilines is 2. The highest BCUT2D eigenvalue weighted by molar-refractivity contribution is 6.02. The molecule has 6 rings (SSSR count). The number of aliphatic hydroxyl groups is 1. The first kappa shape index (κ1) is 38.1. The minimum Gasteiger partial charge on any atom is -0.446 e. The van der Waals surface area contributed by atoms with Gasteiger partial charge >= 0.3 is 6.09 Å². The minimum atomic E-state index is -0.473. The molecule has 0 unspecified atom stereocenters. The van der Waals surface area contributed by atoms with Crippen LogP contribution in [0.1, 0.15) is 23.2 Å². The fraction of sp³-hybridized carbons (Fsp3) is 0.250. The molecule has 10 nitrogen and oxygen atoms in total. The molecule has 0 saturated carbocycles. The van der Waals surface area contributed by atoms with Crippen molar-refractivity contribution < 1.29 is 24.2 Å². The standard InChI is InChI=1S/C44H47N5O5/c50-28-24-46-31-42(52)47-35-16-9-15-34(29-35)41(51)30-45-23-27-49-25-21-36(22-26-49)54-44(53)48-40-20-10-19-38(33-13-5-2-6-14-33)43(40)39-18-8-7-17-37(39)32-11-3-1-4-12-32/h1-20,29,36,45-46,50H,21-28,30-31H2,(H,47,52)(H,48,53). The number of Topliss-reactive ketones (excluding diaryl/α,β-unsaturated/α-hetero) is 1. The summed E-state index contributed by atoms with van der Waals surface area (Å²) in [6.45, 7) is 3.50. The third-order valence-corrected chi connectivity index (χ3v) is 9.41. The van der Waals surface area contributed by atoms with Gasteiger partial charge in [0.05, 0.1) is 25.4 Å². The fourth-order valence-corrected chi connectivity index (χ4v) is 6.71. The molecule has 54 heavy (non-hydrogen) atoms. The van der Waals surface area contributed by atoms with Crippen LogP contribution >= 0.6 is 0 Å². The Morgan fingerprint density at radius 3 is 2.02 bits per heavy atom. The molecule has 278 valence electrons. The topological polar surface area (TPSA) is 132 Å². The van der Waals surface area contributed by atoms with Crippen molar-refractivity contribution in [2.75, 3.05) is 63.1 Å². The average molecular weight is 726 g/mol. The number of ketones is 1. The molecule has 5 aromatic rings. The predicted molar refractivity (Wildman–Crippen MR) is 215 cm³/mol. The maximum absolute atomic E-state index is 13.4. The van der Waals surface area contributed by atoms with E-state index in [1.54, 1.807) is 24.3 Å². The average Bonchev–Trinajstić information content (AvgIpc) is 3.21. The number of benzene rings is 5. The first-order valence-electron chi connectivity index (χ1n) is 18.5. The van der Waals surface area contributed by atoms with Gasteiger partial charge in [-0.15, -0.1) is 0 Å². The lowest BCUT2D eigenvalue weighted by molar-refractivity contribution is -0.115. The molecule has 0 radical (unpaired) electrons. The summed E-state index contributed by atoms with van der Waals surface area (Å²) in [5.41, 5.74) is 7.93. The van der Waals surface area contributed by atoms with Crippen LogP contribution in [0.2, 0.25) is 0 Å². The maximum Gasteiger partial charge on any atom is 0.411 e. The number of likely N-dealkylation sites (tertiary alicyclic amines) is 1. The SMILES string of the molecule is O=C(CNCCO)Nc1cccc(C(=O)CNCCN2CCC(OC(=O)Nc3cccc(-c4ccccc4)c3-c3ccccc3-c3ccccc3)CC2)c1. The van der Waals surface area contributed by atoms with Gasteiger partial charge in [0, 0.05) is 49.5 Å². The van der Waals surface area contributed by atoms with Gasteiger partial charge in [0.2, 0.25) is 5.91 Å². The molecule has 0 bridgehead atoms. The summed E-state index contributed by atoms with van der Waals surface area (Å²) in [6.07, 6.45) is 0.757. The highest BCUT2D eigenvalue weighted by Crippen LogP contribution is 2.42. The van der Waals surface area contributed by atoms with E-state index in [1.165, 1.54) is 0 Å². The molecule has 1 heterocycles. The number of nitrogens with zero attached hydrogens (tertiary/aromatic N) is 1. The second-order valence-electron chi connectivity index (χ2n) is 13.2. The van der Waals surface area contributed by atoms with E-state index in [4.69, 9.17) is 9.84 Å². The lowest BCUT2D eigenvalue weighted by Gasteiger charge is -2.31. The normalized spacial score (nSPS) is 13.3. The van der Waals surface area contributed by atoms with Crippen LogP contribution in [0, 0.1) is 0 Å². The zero-order valence-corrected chi connectivity index (χ0v) is 30.3. The first-order valence-corrected chi connectivity index (χ1v) is 18.5. The number of nitrogens with one attached hydrogen (secondary N) is 4. The first-order chi connectivity index (χ1) is 26.5. The second kappa shape index (κ2) is 19.4. The van der Waals surface area contributed by atoms with Gasteiger partial charge in [-0.05, 0) is 58.9 Å². The summed E-state index contributed by atoms with van der Waals surface area (Å²) in [5.74, 6) is -0.312. The lowest BCUT2D eigenvalue weighted by atomic mass is 9.88. The molecule has 1 aliphatic rings. The zero-order valence-electron chi connectivity index (χ0n) is 30.3. The molecular weight excluding hydrogens is 679 g/mol. The minimum absolute atomic E-state index is 0.0464. The Bertz CT molecular complexity index is 2000. The van der Waals surface area contributed by atoms with E-state index < -0.39 is 6.09 Å². The fourth-order valence-electron chi connectivity index (χ4n) is 6.71. The number of piperidine rings is 1. The van der Waals surface area contributed by atoms with Crippen LogP contribution in [0.4, 0.5) is 16.2 Å². The molecule has 10 heteroatoms. The maximum atomic E-state index is 13.4. The van der Waals surface area contributed by atoms with Gasteiger partial charge in [0.1, 0.15) is 6.10 Å². The number of carbonyl (C=O) groups excluding carboxylic acids is 3. The van der Waals surface area contributed by atoms with Crippen LogP contribution in [-0.2, 0) is 9.53 Å². The molecule has 1 aliphatic heterocycles. The number of amides is 2. The summed E-state index contributed by atoms with van der Waals surface area (Å²) in [6, 6.07) is 41.6. The van der Waals surface area contributed by atoms with E-state index in [2.05, 4.69) is 68.6 Å². The Kier molecular flexibility index (Phi) is 13.7. The molecule has 0 atom stereocenters. The van der Waals surface area contributed by atoms with Crippen LogP contribution < -0.4 is 21.3 Å². The van der Waals surface area contributed by atoms with Gasteiger partial charge < -0.3 is 30.7 Å². The van der Waals surface area contributed by atoms with E-state index in [-0.39, 0.29) is 37.5 Å². The van der Waals surface area contributed by atoms with Crippen molar-refractivity contribution >= 4 is 29.2 Å². The van der Waals surface area contributed by atoms with Gasteiger partial charge in [0.15, 0.2) is 5.78 Å². The van der Waals surface area contributed by atoms with E-state index in [9.17, 15) is 14.4 Å². The summed E-state index contributed by atoms with van der Waals surface area (Å²) >= 11 is 0.